The van der Waals surface area contributed by atoms with Crippen LogP contribution >= 0.6 is 0 Å². The minimum atomic E-state index is -0.370. The summed E-state index contributed by atoms with van der Waals surface area (Å²) in [7, 11) is 1.64. The Balaban J connectivity index is 2.66. The molecule has 0 radical (unpaired) electrons. The van der Waals surface area contributed by atoms with E-state index in [0.29, 0.717) is 11.3 Å². The highest BCUT2D eigenvalue weighted by molar-refractivity contribution is 5.72. The van der Waals surface area contributed by atoms with E-state index in [1.807, 2.05) is 6.07 Å². The number of nitriles is 1. The molecule has 16 heavy (non-hydrogen) atoms. The number of hydrogen-bond donors (Lipinski definition) is 1. The van der Waals surface area contributed by atoms with Gasteiger partial charge in [0.05, 0.1) is 0 Å². The fourth-order valence-corrected chi connectivity index (χ4v) is 1.49. The molecule has 0 fully saturated rings. The lowest BCUT2D eigenvalue weighted by Crippen LogP contribution is -1.97. The molecule has 0 aliphatic heterocycles. The number of aryl methyl sites for hydroxylation is 1. The molecule has 0 amide bonds. The van der Waals surface area contributed by atoms with E-state index in [9.17, 15) is 4.39 Å². The van der Waals surface area contributed by atoms with E-state index in [-0.39, 0.29) is 17.2 Å². The monoisotopic (exact) mass is 216 g/mol. The summed E-state index contributed by atoms with van der Waals surface area (Å²) in [5.74, 6) is -0.0904. The molecule has 0 spiro atoms. The Labute approximate surface area is 91.7 Å². The number of nitrogens with two attached hydrogens (primary N) is 1. The molecule has 80 valence electrons. The first-order chi connectivity index (χ1) is 7.63. The molecule has 2 rings (SSSR count). The summed E-state index contributed by atoms with van der Waals surface area (Å²) < 4.78 is 14.4. The van der Waals surface area contributed by atoms with Gasteiger partial charge in [0.15, 0.2) is 0 Å². The van der Waals surface area contributed by atoms with E-state index in [1.54, 1.807) is 19.2 Å². The Kier molecular flexibility index (Phi) is 2.33. The van der Waals surface area contributed by atoms with Crippen LogP contribution in [0.3, 0.4) is 0 Å². The van der Waals surface area contributed by atoms with Crippen LogP contribution in [0.4, 0.5) is 10.2 Å². The fourth-order valence-electron chi connectivity index (χ4n) is 1.49. The molecular weight excluding hydrogens is 207 g/mol. The van der Waals surface area contributed by atoms with Gasteiger partial charge in [-0.2, -0.15) is 10.4 Å². The summed E-state index contributed by atoms with van der Waals surface area (Å²) in [5, 5.41) is 13.1. The van der Waals surface area contributed by atoms with E-state index in [1.165, 1.54) is 16.8 Å². The topological polar surface area (TPSA) is 67.6 Å². The molecule has 0 saturated heterocycles. The molecule has 2 aromatic rings. The molecule has 2 N–H and O–H groups in total. The molecule has 1 aromatic carbocycles. The Morgan fingerprint density at radius 1 is 1.50 bits per heavy atom. The van der Waals surface area contributed by atoms with Crippen LogP contribution in [0.2, 0.25) is 0 Å². The molecule has 5 heteroatoms. The first-order valence-electron chi connectivity index (χ1n) is 4.62. The minimum absolute atomic E-state index is 0.271. The zero-order chi connectivity index (χ0) is 11.7. The van der Waals surface area contributed by atoms with Crippen molar-refractivity contribution in [2.75, 3.05) is 5.73 Å². The molecular formula is C11H9FN4. The van der Waals surface area contributed by atoms with Crippen molar-refractivity contribution in [2.24, 2.45) is 7.05 Å². The van der Waals surface area contributed by atoms with Gasteiger partial charge in [-0.3, -0.25) is 4.68 Å². The molecule has 1 aromatic heterocycles. The maximum Gasteiger partial charge on any atom is 0.140 e. The lowest BCUT2D eigenvalue weighted by molar-refractivity contribution is 0.628. The third kappa shape index (κ3) is 1.50. The second-order valence-corrected chi connectivity index (χ2v) is 3.35. The first kappa shape index (κ1) is 10.2. The molecule has 1 heterocycles. The highest BCUT2D eigenvalue weighted by atomic mass is 19.1. The van der Waals surface area contributed by atoms with Gasteiger partial charge in [0, 0.05) is 12.6 Å². The maximum absolute atomic E-state index is 13.0. The van der Waals surface area contributed by atoms with Crippen molar-refractivity contribution in [3.05, 3.63) is 35.6 Å². The SMILES string of the molecule is Cn1nc(-c2cccc(F)c2)c(C#N)c1N. The van der Waals surface area contributed by atoms with Crippen LogP contribution in [0.25, 0.3) is 11.3 Å². The molecule has 0 atom stereocenters. The third-order valence-corrected chi connectivity index (χ3v) is 2.30. The second-order valence-electron chi connectivity index (χ2n) is 3.35. The second kappa shape index (κ2) is 3.66. The van der Waals surface area contributed by atoms with Crippen molar-refractivity contribution in [1.29, 1.82) is 5.26 Å². The number of hydrogen-bond acceptors (Lipinski definition) is 3. The number of halogens is 1. The van der Waals surface area contributed by atoms with Crippen LogP contribution < -0.4 is 5.73 Å². The fraction of sp³-hybridized carbons (Fsp3) is 0.0909. The molecule has 0 aliphatic carbocycles. The normalized spacial score (nSPS) is 10.1. The zero-order valence-electron chi connectivity index (χ0n) is 8.61. The lowest BCUT2D eigenvalue weighted by atomic mass is 10.1. The van der Waals surface area contributed by atoms with Crippen molar-refractivity contribution >= 4 is 5.82 Å². The molecule has 0 saturated carbocycles. The summed E-state index contributed by atoms with van der Waals surface area (Å²) in [6, 6.07) is 7.88. The van der Waals surface area contributed by atoms with Crippen molar-refractivity contribution < 1.29 is 4.39 Å². The Morgan fingerprint density at radius 2 is 2.25 bits per heavy atom. The number of aromatic nitrogens is 2. The smallest absolute Gasteiger partial charge is 0.140 e. The van der Waals surface area contributed by atoms with Gasteiger partial charge in [-0.05, 0) is 12.1 Å². The van der Waals surface area contributed by atoms with Crippen molar-refractivity contribution in [1.82, 2.24) is 9.78 Å². The molecule has 0 bridgehead atoms. The number of anilines is 1. The molecule has 0 unspecified atom stereocenters. The van der Waals surface area contributed by atoms with Crippen LogP contribution in [0.5, 0.6) is 0 Å². The summed E-state index contributed by atoms with van der Waals surface area (Å²) in [4.78, 5) is 0. The lowest BCUT2D eigenvalue weighted by Gasteiger charge is -1.96. The molecule has 0 aliphatic rings. The zero-order valence-corrected chi connectivity index (χ0v) is 8.61. The van der Waals surface area contributed by atoms with Crippen LogP contribution in [0.15, 0.2) is 24.3 Å². The van der Waals surface area contributed by atoms with Gasteiger partial charge >= 0.3 is 0 Å². The van der Waals surface area contributed by atoms with E-state index in [4.69, 9.17) is 11.0 Å². The summed E-state index contributed by atoms with van der Waals surface area (Å²) in [6.07, 6.45) is 0. The highest BCUT2D eigenvalue weighted by Crippen LogP contribution is 2.26. The van der Waals surface area contributed by atoms with E-state index < -0.39 is 0 Å². The van der Waals surface area contributed by atoms with Crippen LogP contribution in [-0.2, 0) is 7.05 Å². The quantitative estimate of drug-likeness (QED) is 0.788. The minimum Gasteiger partial charge on any atom is -0.383 e. The van der Waals surface area contributed by atoms with Gasteiger partial charge in [-0.25, -0.2) is 4.39 Å². The van der Waals surface area contributed by atoms with Gasteiger partial charge in [0.1, 0.15) is 29.0 Å². The van der Waals surface area contributed by atoms with E-state index >= 15 is 0 Å². The van der Waals surface area contributed by atoms with E-state index in [0.717, 1.165) is 0 Å². The average molecular weight is 216 g/mol. The predicted octanol–water partition coefficient (Wildman–Crippen LogP) is 1.68. The van der Waals surface area contributed by atoms with Crippen molar-refractivity contribution in [2.45, 2.75) is 0 Å². The number of nitrogen functional groups attached to an aromatic ring is 1. The predicted molar refractivity (Wildman–Crippen MR) is 57.7 cm³/mol. The average Bonchev–Trinajstić information content (AvgIpc) is 2.55. The van der Waals surface area contributed by atoms with Gasteiger partial charge in [0.25, 0.3) is 0 Å². The van der Waals surface area contributed by atoms with Gasteiger partial charge in [-0.1, -0.05) is 12.1 Å². The highest BCUT2D eigenvalue weighted by Gasteiger charge is 2.15. The Bertz CT molecular complexity index is 580. The standard InChI is InChI=1S/C11H9FN4/c1-16-11(14)9(6-13)10(15-16)7-3-2-4-8(12)5-7/h2-5H,14H2,1H3. The molecule has 4 nitrogen and oxygen atoms in total. The summed E-state index contributed by atoms with van der Waals surface area (Å²) in [6.45, 7) is 0. The largest absolute Gasteiger partial charge is 0.383 e. The van der Waals surface area contributed by atoms with Gasteiger partial charge in [0.2, 0.25) is 0 Å². The third-order valence-electron chi connectivity index (χ3n) is 2.30. The van der Waals surface area contributed by atoms with Gasteiger partial charge < -0.3 is 5.73 Å². The van der Waals surface area contributed by atoms with Gasteiger partial charge in [-0.15, -0.1) is 0 Å². The van der Waals surface area contributed by atoms with Crippen LogP contribution in [-0.4, -0.2) is 9.78 Å². The maximum atomic E-state index is 13.0. The number of benzene rings is 1. The number of nitrogens with zero attached hydrogens (tertiary/aromatic N) is 3. The van der Waals surface area contributed by atoms with E-state index in [2.05, 4.69) is 5.10 Å². The van der Waals surface area contributed by atoms with Crippen LogP contribution in [0, 0.1) is 17.1 Å². The van der Waals surface area contributed by atoms with Crippen molar-refractivity contribution in [3.63, 3.8) is 0 Å². The van der Waals surface area contributed by atoms with Crippen LogP contribution in [0.1, 0.15) is 5.56 Å². The Hall–Kier alpha value is -2.35. The number of rotatable bonds is 1. The Morgan fingerprint density at radius 3 is 2.88 bits per heavy atom. The summed E-state index contributed by atoms with van der Waals surface area (Å²) in [5.41, 5.74) is 6.89. The first-order valence-corrected chi connectivity index (χ1v) is 4.62. The van der Waals surface area contributed by atoms with Crippen molar-refractivity contribution in [3.8, 4) is 17.3 Å². The summed E-state index contributed by atoms with van der Waals surface area (Å²) >= 11 is 0.